The van der Waals surface area contributed by atoms with Crippen LogP contribution in [0.5, 0.6) is 0 Å². The Labute approximate surface area is 69.3 Å². The number of fused-ring (bicyclic) bond motifs is 1. The smallest absolute Gasteiger partial charge is 0.233 e. The normalized spacial score (nSPS) is 39.6. The number of nitrogens with one attached hydrogen (secondary N) is 1. The van der Waals surface area contributed by atoms with E-state index in [0.717, 1.165) is 0 Å². The molecular weight excluding hydrogens is 158 g/mol. The van der Waals surface area contributed by atoms with Gasteiger partial charge in [-0.25, -0.2) is 0 Å². The highest BCUT2D eigenvalue weighted by molar-refractivity contribution is 6.05. The van der Waals surface area contributed by atoms with Crippen molar-refractivity contribution in [1.29, 1.82) is 0 Å². The highest BCUT2D eigenvalue weighted by atomic mass is 16.3. The van der Waals surface area contributed by atoms with Gasteiger partial charge in [0.25, 0.3) is 0 Å². The quantitative estimate of drug-likeness (QED) is 0.366. The summed E-state index contributed by atoms with van der Waals surface area (Å²) in [5.41, 5.74) is 0. The van der Waals surface area contributed by atoms with Crippen molar-refractivity contribution in [3.8, 4) is 0 Å². The van der Waals surface area contributed by atoms with Crippen LogP contribution in [0, 0.1) is 11.8 Å². The van der Waals surface area contributed by atoms with E-state index in [0.29, 0.717) is 6.42 Å². The average molecular weight is 167 g/mol. The molecule has 2 N–H and O–H groups in total. The summed E-state index contributed by atoms with van der Waals surface area (Å²) in [7, 11) is 0. The maximum atomic E-state index is 11.1. The highest BCUT2D eigenvalue weighted by Crippen LogP contribution is 2.30. The van der Waals surface area contributed by atoms with Gasteiger partial charge in [-0.3, -0.25) is 14.9 Å². The first kappa shape index (κ1) is 7.49. The Balaban J connectivity index is 2.32. The van der Waals surface area contributed by atoms with Gasteiger partial charge in [-0.2, -0.15) is 0 Å². The number of rotatable bonds is 0. The van der Waals surface area contributed by atoms with Gasteiger partial charge in [-0.05, 0) is 6.42 Å². The second-order valence-corrected chi connectivity index (χ2v) is 3.14. The van der Waals surface area contributed by atoms with Crippen LogP contribution in [-0.4, -0.2) is 23.0 Å². The molecule has 2 rings (SSSR count). The summed E-state index contributed by atoms with van der Waals surface area (Å²) in [5.74, 6) is -1.50. The SMILES string of the molecule is O=C1NC(=O)C2C(O)C=CCC12. The van der Waals surface area contributed by atoms with Crippen molar-refractivity contribution in [1.82, 2.24) is 5.32 Å². The standard InChI is InChI=1S/C8H9NO3/c10-5-3-1-2-4-6(5)8(12)9-7(4)11/h1,3-6,10H,2H2,(H,9,11,12). The topological polar surface area (TPSA) is 66.4 Å². The van der Waals surface area contributed by atoms with Gasteiger partial charge in [-0.15, -0.1) is 0 Å². The van der Waals surface area contributed by atoms with Gasteiger partial charge in [0.15, 0.2) is 0 Å². The second kappa shape index (κ2) is 2.42. The molecule has 1 saturated heterocycles. The summed E-state index contributed by atoms with van der Waals surface area (Å²) >= 11 is 0. The van der Waals surface area contributed by atoms with Crippen LogP contribution in [0.1, 0.15) is 6.42 Å². The van der Waals surface area contributed by atoms with E-state index in [2.05, 4.69) is 5.32 Å². The average Bonchev–Trinajstić information content (AvgIpc) is 2.29. The van der Waals surface area contributed by atoms with Gasteiger partial charge >= 0.3 is 0 Å². The molecule has 1 heterocycles. The number of carbonyl (C=O) groups is 2. The molecular formula is C8H9NO3. The molecule has 1 fully saturated rings. The van der Waals surface area contributed by atoms with Crippen molar-refractivity contribution >= 4 is 11.8 Å². The van der Waals surface area contributed by atoms with Crippen LogP contribution in [0.3, 0.4) is 0 Å². The fourth-order valence-electron chi connectivity index (χ4n) is 1.77. The number of aliphatic hydroxyl groups excluding tert-OH is 1. The van der Waals surface area contributed by atoms with E-state index in [1.807, 2.05) is 0 Å². The molecule has 3 unspecified atom stereocenters. The predicted molar refractivity (Wildman–Crippen MR) is 39.9 cm³/mol. The molecule has 0 aromatic carbocycles. The van der Waals surface area contributed by atoms with Crippen molar-refractivity contribution in [2.75, 3.05) is 0 Å². The number of hydrogen-bond acceptors (Lipinski definition) is 3. The molecule has 3 atom stereocenters. The van der Waals surface area contributed by atoms with Crippen LogP contribution in [0.2, 0.25) is 0 Å². The Hall–Kier alpha value is -1.16. The fourth-order valence-corrected chi connectivity index (χ4v) is 1.77. The van der Waals surface area contributed by atoms with E-state index in [1.165, 1.54) is 0 Å². The molecule has 64 valence electrons. The Morgan fingerprint density at radius 1 is 1.42 bits per heavy atom. The van der Waals surface area contributed by atoms with Gasteiger partial charge in [0.1, 0.15) is 0 Å². The lowest BCUT2D eigenvalue weighted by molar-refractivity contribution is -0.126. The third kappa shape index (κ3) is 0.881. The minimum atomic E-state index is -0.796. The van der Waals surface area contributed by atoms with Gasteiger partial charge in [0.2, 0.25) is 11.8 Å². The molecule has 12 heavy (non-hydrogen) atoms. The largest absolute Gasteiger partial charge is 0.388 e. The van der Waals surface area contributed by atoms with Crippen LogP contribution in [0.15, 0.2) is 12.2 Å². The third-order valence-electron chi connectivity index (χ3n) is 2.41. The lowest BCUT2D eigenvalue weighted by Crippen LogP contribution is -2.32. The van der Waals surface area contributed by atoms with Crippen LogP contribution in [0.25, 0.3) is 0 Å². The number of hydrogen-bond donors (Lipinski definition) is 2. The maximum Gasteiger partial charge on any atom is 0.233 e. The van der Waals surface area contributed by atoms with E-state index < -0.39 is 12.0 Å². The summed E-state index contributed by atoms with van der Waals surface area (Å²) in [6, 6.07) is 0. The zero-order chi connectivity index (χ0) is 8.72. The third-order valence-corrected chi connectivity index (χ3v) is 2.41. The van der Waals surface area contributed by atoms with Gasteiger partial charge in [-0.1, -0.05) is 12.2 Å². The van der Waals surface area contributed by atoms with Crippen molar-refractivity contribution in [3.05, 3.63) is 12.2 Å². The first-order chi connectivity index (χ1) is 5.70. The molecule has 2 aliphatic rings. The summed E-state index contributed by atoms with van der Waals surface area (Å²) < 4.78 is 0. The first-order valence-corrected chi connectivity index (χ1v) is 3.89. The molecule has 1 aliphatic carbocycles. The van der Waals surface area contributed by atoms with E-state index in [1.54, 1.807) is 12.2 Å². The lowest BCUT2D eigenvalue weighted by atomic mass is 9.83. The minimum absolute atomic E-state index is 0.256. The van der Waals surface area contributed by atoms with E-state index in [4.69, 9.17) is 0 Å². The Morgan fingerprint density at radius 3 is 2.83 bits per heavy atom. The molecule has 0 aromatic heterocycles. The van der Waals surface area contributed by atoms with Crippen molar-refractivity contribution in [2.24, 2.45) is 11.8 Å². The van der Waals surface area contributed by atoms with Crippen molar-refractivity contribution in [2.45, 2.75) is 12.5 Å². The summed E-state index contributed by atoms with van der Waals surface area (Å²) in [6.45, 7) is 0. The molecule has 0 bridgehead atoms. The van der Waals surface area contributed by atoms with Crippen LogP contribution in [-0.2, 0) is 9.59 Å². The van der Waals surface area contributed by atoms with Gasteiger partial charge in [0.05, 0.1) is 17.9 Å². The maximum absolute atomic E-state index is 11.1. The molecule has 0 spiro atoms. The van der Waals surface area contributed by atoms with Crippen molar-refractivity contribution in [3.63, 3.8) is 0 Å². The van der Waals surface area contributed by atoms with Crippen LogP contribution < -0.4 is 5.32 Å². The number of aliphatic hydroxyl groups is 1. The molecule has 2 amide bonds. The summed E-state index contributed by atoms with van der Waals surface area (Å²) in [4.78, 5) is 22.2. The molecule has 0 radical (unpaired) electrons. The Bertz CT molecular complexity index is 271. The zero-order valence-electron chi connectivity index (χ0n) is 6.36. The van der Waals surface area contributed by atoms with Gasteiger partial charge < -0.3 is 5.11 Å². The van der Waals surface area contributed by atoms with Crippen LogP contribution in [0.4, 0.5) is 0 Å². The molecule has 4 nitrogen and oxygen atoms in total. The second-order valence-electron chi connectivity index (χ2n) is 3.14. The molecule has 1 aliphatic heterocycles. The molecule has 4 heteroatoms. The Kier molecular flexibility index (Phi) is 1.51. The summed E-state index contributed by atoms with van der Waals surface area (Å²) in [6.07, 6.45) is 3.07. The van der Waals surface area contributed by atoms with Gasteiger partial charge in [0, 0.05) is 0 Å². The minimum Gasteiger partial charge on any atom is -0.388 e. The molecule has 0 aromatic rings. The number of amides is 2. The van der Waals surface area contributed by atoms with E-state index >= 15 is 0 Å². The number of carbonyl (C=O) groups excluding carboxylic acids is 2. The van der Waals surface area contributed by atoms with Crippen LogP contribution >= 0.6 is 0 Å². The summed E-state index contributed by atoms with van der Waals surface area (Å²) in [5, 5.41) is 11.6. The number of imide groups is 1. The lowest BCUT2D eigenvalue weighted by Gasteiger charge is -2.21. The fraction of sp³-hybridized carbons (Fsp3) is 0.500. The first-order valence-electron chi connectivity index (χ1n) is 3.89. The predicted octanol–water partition coefficient (Wildman–Crippen LogP) is -0.804. The number of allylic oxidation sites excluding steroid dienone is 1. The molecule has 0 saturated carbocycles. The Morgan fingerprint density at radius 2 is 2.17 bits per heavy atom. The highest BCUT2D eigenvalue weighted by Gasteiger charge is 2.45. The van der Waals surface area contributed by atoms with E-state index in [9.17, 15) is 14.7 Å². The zero-order valence-corrected chi connectivity index (χ0v) is 6.36. The van der Waals surface area contributed by atoms with Crippen molar-refractivity contribution < 1.29 is 14.7 Å². The monoisotopic (exact) mass is 167 g/mol. The van der Waals surface area contributed by atoms with E-state index in [-0.39, 0.29) is 17.7 Å².